The predicted molar refractivity (Wildman–Crippen MR) is 52.2 cm³/mol. The molecule has 0 heterocycles. The molecule has 0 aliphatic carbocycles. The van der Waals surface area contributed by atoms with Crippen molar-refractivity contribution in [1.82, 2.24) is 0 Å². The zero-order valence-corrected chi connectivity index (χ0v) is 8.37. The lowest BCUT2D eigenvalue weighted by Crippen LogP contribution is -2.07. The Kier molecular flexibility index (Phi) is 3.28. The molecule has 1 radical (unpaired) electrons. The standard InChI is InChI=1S/C10H10NO4/c1-6(12)11-8-5-7(10(14)15-2)3-4-9(8)13/h3-5H,1-2H3,(H,11,12). The Hall–Kier alpha value is -2.04. The lowest BCUT2D eigenvalue weighted by atomic mass is 10.2. The van der Waals surface area contributed by atoms with E-state index >= 15 is 0 Å². The number of methoxy groups -OCH3 is 1. The van der Waals surface area contributed by atoms with Crippen molar-refractivity contribution in [3.05, 3.63) is 23.8 Å². The van der Waals surface area contributed by atoms with E-state index in [0.717, 1.165) is 0 Å². The summed E-state index contributed by atoms with van der Waals surface area (Å²) < 4.78 is 4.48. The molecule has 0 unspecified atom stereocenters. The van der Waals surface area contributed by atoms with Gasteiger partial charge in [-0.3, -0.25) is 9.90 Å². The van der Waals surface area contributed by atoms with Gasteiger partial charge in [0.05, 0.1) is 18.4 Å². The highest BCUT2D eigenvalue weighted by Gasteiger charge is 2.10. The fraction of sp³-hybridized carbons (Fsp3) is 0.200. The number of anilines is 1. The molecule has 79 valence electrons. The Balaban J connectivity index is 3.05. The number of esters is 1. The molecule has 1 rings (SSSR count). The maximum absolute atomic E-state index is 11.3. The minimum Gasteiger partial charge on any atom is -0.465 e. The van der Waals surface area contributed by atoms with E-state index in [1.807, 2.05) is 0 Å². The van der Waals surface area contributed by atoms with E-state index in [1.54, 1.807) is 0 Å². The minimum atomic E-state index is -0.554. The van der Waals surface area contributed by atoms with Gasteiger partial charge in [-0.25, -0.2) is 4.79 Å². The van der Waals surface area contributed by atoms with Crippen molar-refractivity contribution in [3.63, 3.8) is 0 Å². The van der Waals surface area contributed by atoms with Crippen molar-refractivity contribution in [1.29, 1.82) is 0 Å². The van der Waals surface area contributed by atoms with Gasteiger partial charge in [0.25, 0.3) is 0 Å². The van der Waals surface area contributed by atoms with Gasteiger partial charge in [0, 0.05) is 6.92 Å². The van der Waals surface area contributed by atoms with Gasteiger partial charge in [-0.05, 0) is 18.2 Å². The van der Waals surface area contributed by atoms with Crippen LogP contribution in [0.1, 0.15) is 17.3 Å². The number of benzene rings is 1. The van der Waals surface area contributed by atoms with Gasteiger partial charge in [-0.1, -0.05) is 0 Å². The number of hydrogen-bond acceptors (Lipinski definition) is 3. The van der Waals surface area contributed by atoms with E-state index in [4.69, 9.17) is 0 Å². The van der Waals surface area contributed by atoms with E-state index in [2.05, 4.69) is 10.1 Å². The van der Waals surface area contributed by atoms with Crippen molar-refractivity contribution < 1.29 is 19.4 Å². The van der Waals surface area contributed by atoms with Gasteiger partial charge in [0.15, 0.2) is 0 Å². The summed E-state index contributed by atoms with van der Waals surface area (Å²) >= 11 is 0. The highest BCUT2D eigenvalue weighted by atomic mass is 16.5. The zero-order valence-electron chi connectivity index (χ0n) is 8.37. The molecule has 5 heteroatoms. The summed E-state index contributed by atoms with van der Waals surface area (Å²) in [5.74, 6) is -1.27. The average Bonchev–Trinajstić information content (AvgIpc) is 2.19. The summed E-state index contributed by atoms with van der Waals surface area (Å²) in [5, 5.41) is 13.6. The molecule has 0 fully saturated rings. The third kappa shape index (κ3) is 2.70. The Morgan fingerprint density at radius 3 is 2.53 bits per heavy atom. The second kappa shape index (κ2) is 4.45. The topological polar surface area (TPSA) is 75.3 Å². The molecule has 1 N–H and O–H groups in total. The molecule has 0 aromatic heterocycles. The summed E-state index contributed by atoms with van der Waals surface area (Å²) in [5.41, 5.74) is 0.297. The Labute approximate surface area is 86.7 Å². The number of nitrogens with one attached hydrogen (secondary N) is 1. The van der Waals surface area contributed by atoms with Crippen LogP contribution in [0.15, 0.2) is 18.2 Å². The Morgan fingerprint density at radius 2 is 2.00 bits per heavy atom. The molecular weight excluding hydrogens is 198 g/mol. The van der Waals surface area contributed by atoms with Crippen LogP contribution in [-0.2, 0) is 14.6 Å². The highest BCUT2D eigenvalue weighted by molar-refractivity contribution is 5.95. The van der Waals surface area contributed by atoms with Gasteiger partial charge in [0.2, 0.25) is 11.7 Å². The van der Waals surface area contributed by atoms with Crippen LogP contribution in [-0.4, -0.2) is 19.0 Å². The monoisotopic (exact) mass is 208 g/mol. The normalized spacial score (nSPS) is 9.47. The largest absolute Gasteiger partial charge is 0.465 e. The molecule has 0 spiro atoms. The van der Waals surface area contributed by atoms with Crippen LogP contribution in [0, 0.1) is 0 Å². The van der Waals surface area contributed by atoms with Gasteiger partial charge >= 0.3 is 5.97 Å². The molecular formula is C10H10NO4. The fourth-order valence-corrected chi connectivity index (χ4v) is 1.06. The van der Waals surface area contributed by atoms with Gasteiger partial charge in [-0.15, -0.1) is 0 Å². The van der Waals surface area contributed by atoms with Crippen molar-refractivity contribution in [2.45, 2.75) is 6.92 Å². The van der Waals surface area contributed by atoms with Crippen LogP contribution < -0.4 is 5.32 Å². The third-order valence-corrected chi connectivity index (χ3v) is 1.71. The number of rotatable bonds is 2. The summed E-state index contributed by atoms with van der Waals surface area (Å²) in [6.07, 6.45) is 0. The number of amides is 1. The Morgan fingerprint density at radius 1 is 1.33 bits per heavy atom. The number of carbonyl (C=O) groups excluding carboxylic acids is 2. The molecule has 1 amide bonds. The molecule has 1 aromatic rings. The molecule has 0 bridgehead atoms. The average molecular weight is 208 g/mol. The molecule has 15 heavy (non-hydrogen) atoms. The van der Waals surface area contributed by atoms with Crippen LogP contribution in [0.2, 0.25) is 0 Å². The highest BCUT2D eigenvalue weighted by Crippen LogP contribution is 2.25. The lowest BCUT2D eigenvalue weighted by molar-refractivity contribution is -0.114. The first kappa shape index (κ1) is 11.0. The maximum Gasteiger partial charge on any atom is 0.337 e. The second-order valence-electron chi connectivity index (χ2n) is 2.88. The molecule has 5 nitrogen and oxygen atoms in total. The SMILES string of the molecule is COC(=O)c1ccc([O])c(NC(C)=O)c1. The van der Waals surface area contributed by atoms with Crippen LogP contribution in [0.25, 0.3) is 0 Å². The summed E-state index contributed by atoms with van der Waals surface area (Å²) in [7, 11) is 1.24. The molecule has 0 saturated carbocycles. The first-order valence-corrected chi connectivity index (χ1v) is 4.21. The molecule has 0 atom stereocenters. The first-order chi connectivity index (χ1) is 7.04. The van der Waals surface area contributed by atoms with E-state index in [0.29, 0.717) is 0 Å². The van der Waals surface area contributed by atoms with E-state index in [9.17, 15) is 14.7 Å². The lowest BCUT2D eigenvalue weighted by Gasteiger charge is -2.05. The predicted octanol–water partition coefficient (Wildman–Crippen LogP) is 1.58. The van der Waals surface area contributed by atoms with Crippen LogP contribution >= 0.6 is 0 Å². The smallest absolute Gasteiger partial charge is 0.337 e. The maximum atomic E-state index is 11.3. The van der Waals surface area contributed by atoms with Gasteiger partial charge in [-0.2, -0.15) is 0 Å². The summed E-state index contributed by atoms with van der Waals surface area (Å²) in [4.78, 5) is 21.9. The second-order valence-corrected chi connectivity index (χ2v) is 2.88. The molecule has 0 saturated heterocycles. The molecule has 1 aromatic carbocycles. The minimum absolute atomic E-state index is 0.0744. The van der Waals surface area contributed by atoms with Crippen molar-refractivity contribution in [3.8, 4) is 5.75 Å². The van der Waals surface area contributed by atoms with E-state index in [-0.39, 0.29) is 22.9 Å². The molecule has 0 aliphatic heterocycles. The van der Waals surface area contributed by atoms with E-state index in [1.165, 1.54) is 32.2 Å². The van der Waals surface area contributed by atoms with Gasteiger partial charge in [0.1, 0.15) is 0 Å². The number of carbonyl (C=O) groups is 2. The van der Waals surface area contributed by atoms with Crippen LogP contribution in [0.4, 0.5) is 5.69 Å². The van der Waals surface area contributed by atoms with Crippen LogP contribution in [0.3, 0.4) is 0 Å². The van der Waals surface area contributed by atoms with Crippen molar-refractivity contribution >= 4 is 17.6 Å². The zero-order chi connectivity index (χ0) is 11.4. The van der Waals surface area contributed by atoms with E-state index < -0.39 is 5.97 Å². The van der Waals surface area contributed by atoms with Crippen LogP contribution in [0.5, 0.6) is 5.75 Å². The van der Waals surface area contributed by atoms with Crippen molar-refractivity contribution in [2.24, 2.45) is 0 Å². The summed E-state index contributed by atoms with van der Waals surface area (Å²) in [6, 6.07) is 3.84. The first-order valence-electron chi connectivity index (χ1n) is 4.21. The quantitative estimate of drug-likeness (QED) is 0.749. The number of hydrogen-bond donors (Lipinski definition) is 1. The summed E-state index contributed by atoms with van der Waals surface area (Å²) in [6.45, 7) is 1.28. The fourth-order valence-electron chi connectivity index (χ4n) is 1.06. The molecule has 0 aliphatic rings. The third-order valence-electron chi connectivity index (χ3n) is 1.71. The Bertz CT molecular complexity index is 400. The van der Waals surface area contributed by atoms with Crippen molar-refractivity contribution in [2.75, 3.05) is 12.4 Å². The number of ether oxygens (including phenoxy) is 1. The van der Waals surface area contributed by atoms with Gasteiger partial charge < -0.3 is 10.1 Å².